The molecule has 5 heteroatoms. The summed E-state index contributed by atoms with van der Waals surface area (Å²) in [5, 5.41) is 1.47. The lowest BCUT2D eigenvalue weighted by atomic mass is 10.1. The Kier molecular flexibility index (Phi) is 3.98. The lowest BCUT2D eigenvalue weighted by Gasteiger charge is -2.14. The van der Waals surface area contributed by atoms with E-state index in [1.54, 1.807) is 11.1 Å². The van der Waals surface area contributed by atoms with Crippen molar-refractivity contribution in [2.75, 3.05) is 6.54 Å². The van der Waals surface area contributed by atoms with Crippen molar-refractivity contribution in [3.05, 3.63) is 76.4 Å². The Hall–Kier alpha value is -2.72. The van der Waals surface area contributed by atoms with Crippen molar-refractivity contribution < 1.29 is 9.59 Å². The van der Waals surface area contributed by atoms with Gasteiger partial charge in [0.05, 0.1) is 17.1 Å². The normalized spacial score (nSPS) is 13.3. The van der Waals surface area contributed by atoms with Gasteiger partial charge in [0.15, 0.2) is 5.78 Å². The highest BCUT2D eigenvalue weighted by molar-refractivity contribution is 6.31. The fourth-order valence-electron chi connectivity index (χ4n) is 3.20. The van der Waals surface area contributed by atoms with E-state index in [-0.39, 0.29) is 24.7 Å². The highest BCUT2D eigenvalue weighted by Crippen LogP contribution is 2.22. The zero-order chi connectivity index (χ0) is 17.4. The first-order chi connectivity index (χ1) is 12.1. The van der Waals surface area contributed by atoms with Crippen LogP contribution < -0.4 is 0 Å². The van der Waals surface area contributed by atoms with Gasteiger partial charge in [0.1, 0.15) is 0 Å². The fraction of sp³-hybridized carbons (Fsp3) is 0.150. The minimum atomic E-state index is -0.0709. The summed E-state index contributed by atoms with van der Waals surface area (Å²) in [6.07, 6.45) is 1.88. The SMILES string of the molecule is O=C(Cc1ccc2ncc(Cl)cc2c1)CN1Cc2ccccc2C1=O. The number of halogens is 1. The van der Waals surface area contributed by atoms with Crippen molar-refractivity contribution >= 4 is 34.2 Å². The summed E-state index contributed by atoms with van der Waals surface area (Å²) in [4.78, 5) is 30.6. The largest absolute Gasteiger partial charge is 0.327 e. The van der Waals surface area contributed by atoms with Crippen molar-refractivity contribution in [1.29, 1.82) is 0 Å². The van der Waals surface area contributed by atoms with Gasteiger partial charge in [-0.15, -0.1) is 0 Å². The van der Waals surface area contributed by atoms with E-state index in [9.17, 15) is 9.59 Å². The van der Waals surface area contributed by atoms with Crippen LogP contribution in [0.2, 0.25) is 5.02 Å². The molecule has 0 N–H and O–H groups in total. The molecule has 0 saturated carbocycles. The van der Waals surface area contributed by atoms with Crippen LogP contribution in [0.5, 0.6) is 0 Å². The first-order valence-corrected chi connectivity index (χ1v) is 8.41. The van der Waals surface area contributed by atoms with Crippen LogP contribution in [0.15, 0.2) is 54.7 Å². The number of carbonyl (C=O) groups excluding carboxylic acids is 2. The van der Waals surface area contributed by atoms with E-state index in [1.807, 2.05) is 48.5 Å². The molecule has 4 nitrogen and oxygen atoms in total. The number of benzene rings is 2. The molecule has 3 aromatic rings. The van der Waals surface area contributed by atoms with Crippen LogP contribution in [0.25, 0.3) is 10.9 Å². The van der Waals surface area contributed by atoms with Gasteiger partial charge in [-0.3, -0.25) is 14.6 Å². The van der Waals surface area contributed by atoms with Crippen LogP contribution >= 0.6 is 11.6 Å². The van der Waals surface area contributed by atoms with Gasteiger partial charge in [-0.25, -0.2) is 0 Å². The molecule has 1 aliphatic heterocycles. The zero-order valence-electron chi connectivity index (χ0n) is 13.4. The van der Waals surface area contributed by atoms with Crippen LogP contribution in [-0.2, 0) is 17.8 Å². The second-order valence-electron chi connectivity index (χ2n) is 6.21. The fourth-order valence-corrected chi connectivity index (χ4v) is 3.37. The van der Waals surface area contributed by atoms with Crippen molar-refractivity contribution in [2.45, 2.75) is 13.0 Å². The third kappa shape index (κ3) is 3.13. The minimum absolute atomic E-state index is 0.00972. The number of aromatic nitrogens is 1. The molecule has 0 unspecified atom stereocenters. The number of ketones is 1. The molecule has 25 heavy (non-hydrogen) atoms. The van der Waals surface area contributed by atoms with Crippen LogP contribution in [0.3, 0.4) is 0 Å². The van der Waals surface area contributed by atoms with Gasteiger partial charge >= 0.3 is 0 Å². The Morgan fingerprint density at radius 3 is 2.84 bits per heavy atom. The maximum absolute atomic E-state index is 12.4. The lowest BCUT2D eigenvalue weighted by Crippen LogP contribution is -2.30. The number of hydrogen-bond acceptors (Lipinski definition) is 3. The Balaban J connectivity index is 1.47. The molecule has 1 aromatic heterocycles. The highest BCUT2D eigenvalue weighted by atomic mass is 35.5. The summed E-state index contributed by atoms with van der Waals surface area (Å²) < 4.78 is 0. The molecule has 1 amide bonds. The molecule has 0 atom stereocenters. The summed E-state index contributed by atoms with van der Waals surface area (Å²) in [5.74, 6) is -0.0612. The molecule has 0 saturated heterocycles. The van der Waals surface area contributed by atoms with E-state index in [1.165, 1.54) is 0 Å². The first kappa shape index (κ1) is 15.8. The summed E-state index contributed by atoms with van der Waals surface area (Å²) >= 11 is 5.98. The van der Waals surface area contributed by atoms with Crippen molar-refractivity contribution in [3.63, 3.8) is 0 Å². The predicted molar refractivity (Wildman–Crippen MR) is 96.6 cm³/mol. The quantitative estimate of drug-likeness (QED) is 0.721. The second kappa shape index (κ2) is 6.30. The lowest BCUT2D eigenvalue weighted by molar-refractivity contribution is -0.119. The number of carbonyl (C=O) groups is 2. The maximum atomic E-state index is 12.4. The molecule has 0 spiro atoms. The molecule has 0 fully saturated rings. The monoisotopic (exact) mass is 350 g/mol. The Bertz CT molecular complexity index is 1000. The van der Waals surface area contributed by atoms with Gasteiger partial charge in [-0.05, 0) is 35.4 Å². The van der Waals surface area contributed by atoms with Gasteiger partial charge in [-0.2, -0.15) is 0 Å². The Labute approximate surface area is 150 Å². The summed E-state index contributed by atoms with van der Waals surface area (Å²) in [7, 11) is 0. The molecule has 124 valence electrons. The van der Waals surface area contributed by atoms with Crippen LogP contribution in [0, 0.1) is 0 Å². The van der Waals surface area contributed by atoms with Gasteiger partial charge in [0.2, 0.25) is 0 Å². The predicted octanol–water partition coefficient (Wildman–Crippen LogP) is 3.66. The van der Waals surface area contributed by atoms with E-state index in [4.69, 9.17) is 11.6 Å². The molecule has 0 bridgehead atoms. The van der Waals surface area contributed by atoms with E-state index in [0.29, 0.717) is 17.1 Å². The Morgan fingerprint density at radius 1 is 1.16 bits per heavy atom. The molecule has 1 aliphatic rings. The average molecular weight is 351 g/mol. The van der Waals surface area contributed by atoms with Crippen LogP contribution in [0.4, 0.5) is 0 Å². The second-order valence-corrected chi connectivity index (χ2v) is 6.65. The molecule has 2 aromatic carbocycles. The average Bonchev–Trinajstić information content (AvgIpc) is 2.90. The molecular weight excluding hydrogens is 336 g/mol. The van der Waals surface area contributed by atoms with Crippen molar-refractivity contribution in [2.24, 2.45) is 0 Å². The van der Waals surface area contributed by atoms with Gasteiger partial charge in [0.25, 0.3) is 5.91 Å². The topological polar surface area (TPSA) is 50.3 Å². The molecular formula is C20H15ClN2O2. The minimum Gasteiger partial charge on any atom is -0.327 e. The smallest absolute Gasteiger partial charge is 0.254 e. The maximum Gasteiger partial charge on any atom is 0.254 e. The van der Waals surface area contributed by atoms with E-state index < -0.39 is 0 Å². The Morgan fingerprint density at radius 2 is 2.00 bits per heavy atom. The number of amides is 1. The van der Waals surface area contributed by atoms with E-state index in [2.05, 4.69) is 4.98 Å². The van der Waals surface area contributed by atoms with Crippen molar-refractivity contribution in [3.8, 4) is 0 Å². The van der Waals surface area contributed by atoms with Crippen LogP contribution in [0.1, 0.15) is 21.5 Å². The summed E-state index contributed by atoms with van der Waals surface area (Å²) in [6.45, 7) is 0.622. The number of nitrogens with zero attached hydrogens (tertiary/aromatic N) is 2. The standard InChI is InChI=1S/C20H15ClN2O2/c21-16-9-15-7-13(5-6-19(15)22-10-16)8-17(24)12-23-11-14-3-1-2-4-18(14)20(23)25/h1-7,9-10H,8,11-12H2. The number of fused-ring (bicyclic) bond motifs is 2. The number of hydrogen-bond donors (Lipinski definition) is 0. The van der Waals surface area contributed by atoms with Crippen molar-refractivity contribution in [1.82, 2.24) is 9.88 Å². The van der Waals surface area contributed by atoms with E-state index in [0.717, 1.165) is 22.0 Å². The third-order valence-electron chi connectivity index (χ3n) is 4.38. The van der Waals surface area contributed by atoms with Gasteiger partial charge in [0, 0.05) is 30.1 Å². The first-order valence-electron chi connectivity index (χ1n) is 8.03. The summed E-state index contributed by atoms with van der Waals surface area (Å²) in [6, 6.07) is 15.0. The summed E-state index contributed by atoms with van der Waals surface area (Å²) in [5.41, 5.74) is 3.41. The molecule has 0 aliphatic carbocycles. The van der Waals surface area contributed by atoms with Gasteiger partial charge < -0.3 is 4.90 Å². The van der Waals surface area contributed by atoms with Gasteiger partial charge in [-0.1, -0.05) is 35.9 Å². The molecule has 0 radical (unpaired) electrons. The third-order valence-corrected chi connectivity index (χ3v) is 4.58. The molecule has 4 rings (SSSR count). The number of Topliss-reactive ketones (excluding diaryl/α,β-unsaturated/α-hetero) is 1. The van der Waals surface area contributed by atoms with E-state index >= 15 is 0 Å². The zero-order valence-corrected chi connectivity index (χ0v) is 14.2. The highest BCUT2D eigenvalue weighted by Gasteiger charge is 2.28. The number of rotatable bonds is 4. The molecule has 2 heterocycles. The number of pyridine rings is 1. The van der Waals surface area contributed by atoms with Crippen LogP contribution in [-0.4, -0.2) is 28.1 Å².